The molecule has 1 heterocycles. The van der Waals surface area contributed by atoms with Crippen molar-refractivity contribution in [2.24, 2.45) is 0 Å². The summed E-state index contributed by atoms with van der Waals surface area (Å²) in [4.78, 5) is 37.1. The van der Waals surface area contributed by atoms with Gasteiger partial charge in [0.25, 0.3) is 5.91 Å². The number of alkyl halides is 3. The highest BCUT2D eigenvalue weighted by Crippen LogP contribution is 2.44. The van der Waals surface area contributed by atoms with Gasteiger partial charge in [0.1, 0.15) is 12.6 Å². The molecule has 2 N–H and O–H groups in total. The summed E-state index contributed by atoms with van der Waals surface area (Å²) >= 11 is 0. The molecule has 1 aliphatic heterocycles. The molecule has 4 rings (SSSR count). The van der Waals surface area contributed by atoms with Gasteiger partial charge < -0.3 is 24.8 Å². The van der Waals surface area contributed by atoms with Crippen LogP contribution in [0.25, 0.3) is 11.1 Å². The van der Waals surface area contributed by atoms with Gasteiger partial charge in [-0.25, -0.2) is 9.59 Å². The number of aliphatic carboxylic acids is 1. The molecule has 35 heavy (non-hydrogen) atoms. The summed E-state index contributed by atoms with van der Waals surface area (Å²) in [5.41, 5.74) is 3.64. The Bertz CT molecular complexity index is 1090. The monoisotopic (exact) mass is 492 g/mol. The Kier molecular flexibility index (Phi) is 6.70. The first-order valence-corrected chi connectivity index (χ1v) is 10.9. The molecule has 2 aromatic carbocycles. The van der Waals surface area contributed by atoms with E-state index in [0.717, 1.165) is 22.3 Å². The van der Waals surface area contributed by atoms with Crippen LogP contribution in [-0.4, -0.2) is 72.6 Å². The minimum Gasteiger partial charge on any atom is -0.480 e. The second-order valence-corrected chi connectivity index (χ2v) is 8.38. The Balaban J connectivity index is 1.48. The predicted octanol–water partition coefficient (Wildman–Crippen LogP) is 3.16. The first-order chi connectivity index (χ1) is 16.6. The van der Waals surface area contributed by atoms with Gasteiger partial charge in [-0.1, -0.05) is 48.5 Å². The number of amides is 2. The van der Waals surface area contributed by atoms with Gasteiger partial charge in [0, 0.05) is 26.0 Å². The van der Waals surface area contributed by atoms with E-state index < -0.39 is 42.3 Å². The average Bonchev–Trinajstić information content (AvgIpc) is 3.40. The maximum atomic E-state index is 13.7. The third-order valence-electron chi connectivity index (χ3n) is 6.34. The Morgan fingerprint density at radius 2 is 1.66 bits per heavy atom. The molecular formula is C24H23F3N2O6. The summed E-state index contributed by atoms with van der Waals surface area (Å²) in [6, 6.07) is 10.4. The van der Waals surface area contributed by atoms with E-state index >= 15 is 0 Å². The van der Waals surface area contributed by atoms with Crippen molar-refractivity contribution in [3.8, 4) is 11.1 Å². The number of hydrogen-bond donors (Lipinski definition) is 2. The van der Waals surface area contributed by atoms with Gasteiger partial charge in [0.05, 0.1) is 6.10 Å². The van der Waals surface area contributed by atoms with Gasteiger partial charge in [0.15, 0.2) is 0 Å². The number of benzene rings is 2. The molecule has 3 unspecified atom stereocenters. The third kappa shape index (κ3) is 4.81. The standard InChI is InChI=1S/C24H23F3N2O6/c1-34-13-10-19(22(31)32)29(11-13)21(30)20(24(25,26)27)28-23(33)35-12-18-16-8-4-2-6-14(16)15-7-3-5-9-17(15)18/h2-9,13,18-20H,10-12H2,1H3,(H,28,33)(H,31,32). The number of alkyl carbamates (subject to hydrolysis) is 1. The molecule has 0 aromatic heterocycles. The van der Waals surface area contributed by atoms with Crippen molar-refractivity contribution in [3.63, 3.8) is 0 Å². The van der Waals surface area contributed by atoms with Crippen LogP contribution < -0.4 is 5.32 Å². The zero-order valence-corrected chi connectivity index (χ0v) is 18.6. The summed E-state index contributed by atoms with van der Waals surface area (Å²) in [6.45, 7) is -0.586. The first-order valence-electron chi connectivity index (χ1n) is 10.9. The van der Waals surface area contributed by atoms with Crippen LogP contribution in [0, 0.1) is 0 Å². The number of methoxy groups -OCH3 is 1. The van der Waals surface area contributed by atoms with E-state index in [2.05, 4.69) is 0 Å². The molecule has 3 atom stereocenters. The van der Waals surface area contributed by atoms with Crippen LogP contribution in [-0.2, 0) is 19.1 Å². The van der Waals surface area contributed by atoms with Crippen LogP contribution in [0.5, 0.6) is 0 Å². The SMILES string of the molecule is COC1CC(C(=O)O)N(C(=O)C(NC(=O)OCC2c3ccccc3-c3ccccc32)C(F)(F)F)C1. The highest BCUT2D eigenvalue weighted by molar-refractivity contribution is 5.90. The molecule has 2 amide bonds. The molecule has 1 fully saturated rings. The molecule has 0 spiro atoms. The number of fused-ring (bicyclic) bond motifs is 3. The Morgan fingerprint density at radius 1 is 1.09 bits per heavy atom. The van der Waals surface area contributed by atoms with Crippen molar-refractivity contribution < 1.29 is 42.1 Å². The third-order valence-corrected chi connectivity index (χ3v) is 6.34. The summed E-state index contributed by atoms with van der Waals surface area (Å²) in [6.07, 6.45) is -7.50. The molecule has 0 bridgehead atoms. The Morgan fingerprint density at radius 3 is 2.17 bits per heavy atom. The fourth-order valence-corrected chi connectivity index (χ4v) is 4.65. The van der Waals surface area contributed by atoms with E-state index in [0.29, 0.717) is 4.90 Å². The molecule has 2 aliphatic rings. The van der Waals surface area contributed by atoms with E-state index in [-0.39, 0.29) is 25.5 Å². The normalized spacial score (nSPS) is 20.2. The lowest BCUT2D eigenvalue weighted by molar-refractivity contribution is -0.177. The first kappa shape index (κ1) is 24.5. The largest absolute Gasteiger partial charge is 0.480 e. The number of likely N-dealkylation sites (tertiary alicyclic amines) is 1. The van der Waals surface area contributed by atoms with Crippen molar-refractivity contribution in [2.75, 3.05) is 20.3 Å². The van der Waals surface area contributed by atoms with Gasteiger partial charge in [-0.2, -0.15) is 13.2 Å². The quantitative estimate of drug-likeness (QED) is 0.642. The van der Waals surface area contributed by atoms with Gasteiger partial charge in [-0.3, -0.25) is 4.79 Å². The van der Waals surface area contributed by atoms with Crippen LogP contribution in [0.4, 0.5) is 18.0 Å². The summed E-state index contributed by atoms with van der Waals surface area (Å²) in [7, 11) is 1.27. The molecule has 186 valence electrons. The number of rotatable bonds is 6. The van der Waals surface area contributed by atoms with Crippen molar-refractivity contribution in [1.29, 1.82) is 0 Å². The number of carboxylic acid groups (broad SMARTS) is 1. The fraction of sp³-hybridized carbons (Fsp3) is 0.375. The molecule has 11 heteroatoms. The molecule has 1 aliphatic carbocycles. The summed E-state index contributed by atoms with van der Waals surface area (Å²) in [5, 5.41) is 10.9. The summed E-state index contributed by atoms with van der Waals surface area (Å²) < 4.78 is 51.3. The number of halogens is 3. The van der Waals surface area contributed by atoms with Gasteiger partial charge >= 0.3 is 18.2 Å². The molecule has 2 aromatic rings. The number of ether oxygens (including phenoxy) is 2. The number of carboxylic acids is 1. The van der Waals surface area contributed by atoms with Gasteiger partial charge in [-0.15, -0.1) is 0 Å². The molecule has 0 radical (unpaired) electrons. The lowest BCUT2D eigenvalue weighted by Gasteiger charge is -2.28. The Hall–Kier alpha value is -3.60. The molecule has 0 saturated carbocycles. The van der Waals surface area contributed by atoms with Crippen molar-refractivity contribution in [3.05, 3.63) is 59.7 Å². The smallest absolute Gasteiger partial charge is 0.417 e. The van der Waals surface area contributed by atoms with Crippen LogP contribution >= 0.6 is 0 Å². The van der Waals surface area contributed by atoms with Gasteiger partial charge in [0.2, 0.25) is 6.04 Å². The van der Waals surface area contributed by atoms with Crippen molar-refractivity contribution in [1.82, 2.24) is 10.2 Å². The van der Waals surface area contributed by atoms with Crippen LogP contribution in [0.3, 0.4) is 0 Å². The highest BCUT2D eigenvalue weighted by atomic mass is 19.4. The zero-order chi connectivity index (χ0) is 25.3. The number of nitrogens with one attached hydrogen (secondary N) is 1. The number of carbonyl (C=O) groups excluding carboxylic acids is 2. The number of carbonyl (C=O) groups is 3. The topological polar surface area (TPSA) is 105 Å². The molecule has 8 nitrogen and oxygen atoms in total. The minimum absolute atomic E-state index is 0.160. The van der Waals surface area contributed by atoms with E-state index in [4.69, 9.17) is 9.47 Å². The van der Waals surface area contributed by atoms with Gasteiger partial charge in [-0.05, 0) is 22.3 Å². The molecule has 1 saturated heterocycles. The number of hydrogen-bond acceptors (Lipinski definition) is 5. The van der Waals surface area contributed by atoms with Crippen molar-refractivity contribution >= 4 is 18.0 Å². The van der Waals surface area contributed by atoms with Crippen LogP contribution in [0.1, 0.15) is 23.5 Å². The predicted molar refractivity (Wildman–Crippen MR) is 117 cm³/mol. The maximum Gasteiger partial charge on any atom is 0.417 e. The van der Waals surface area contributed by atoms with E-state index in [1.54, 1.807) is 5.32 Å². The zero-order valence-electron chi connectivity index (χ0n) is 18.6. The van der Waals surface area contributed by atoms with E-state index in [9.17, 15) is 32.7 Å². The number of nitrogens with zero attached hydrogens (tertiary/aromatic N) is 1. The highest BCUT2D eigenvalue weighted by Gasteiger charge is 2.52. The van der Waals surface area contributed by atoms with Crippen molar-refractivity contribution in [2.45, 2.75) is 36.7 Å². The second-order valence-electron chi connectivity index (χ2n) is 8.38. The van der Waals surface area contributed by atoms with E-state index in [1.807, 2.05) is 48.5 Å². The minimum atomic E-state index is -5.17. The maximum absolute atomic E-state index is 13.7. The van der Waals surface area contributed by atoms with E-state index in [1.165, 1.54) is 7.11 Å². The Labute approximate surface area is 198 Å². The second kappa shape index (κ2) is 9.57. The average molecular weight is 492 g/mol. The lowest BCUT2D eigenvalue weighted by Crippen LogP contribution is -2.58. The lowest BCUT2D eigenvalue weighted by atomic mass is 9.98. The van der Waals surface area contributed by atoms with Crippen LogP contribution in [0.15, 0.2) is 48.5 Å². The fourth-order valence-electron chi connectivity index (χ4n) is 4.65. The van der Waals surface area contributed by atoms with Crippen LogP contribution in [0.2, 0.25) is 0 Å². The molecular weight excluding hydrogens is 469 g/mol. The summed E-state index contributed by atoms with van der Waals surface area (Å²) in [5.74, 6) is -3.43.